The summed E-state index contributed by atoms with van der Waals surface area (Å²) in [5.74, 6) is -1.06. The van der Waals surface area contributed by atoms with Gasteiger partial charge in [-0.15, -0.1) is 0 Å². The molecular formula is C15H15F2NO. The zero-order valence-corrected chi connectivity index (χ0v) is 10.8. The molecule has 0 bridgehead atoms. The van der Waals surface area contributed by atoms with Gasteiger partial charge in [0.05, 0.1) is 0 Å². The molecule has 0 aromatic heterocycles. The Bertz CT molecular complexity index is 597. The Kier molecular flexibility index (Phi) is 3.81. The van der Waals surface area contributed by atoms with E-state index < -0.39 is 11.6 Å². The van der Waals surface area contributed by atoms with E-state index in [1.165, 1.54) is 18.2 Å². The third-order valence-corrected chi connectivity index (χ3v) is 2.86. The Hall–Kier alpha value is -1.94. The molecule has 0 saturated heterocycles. The number of hydrogen-bond donors (Lipinski definition) is 1. The van der Waals surface area contributed by atoms with E-state index in [0.29, 0.717) is 11.1 Å². The van der Waals surface area contributed by atoms with Crippen LogP contribution in [0.15, 0.2) is 36.4 Å². The topological polar surface area (TPSA) is 35.2 Å². The highest BCUT2D eigenvalue weighted by Crippen LogP contribution is 2.29. The number of nitrogens with two attached hydrogens (primary N) is 1. The maximum atomic E-state index is 13.8. The van der Waals surface area contributed by atoms with Gasteiger partial charge in [-0.25, -0.2) is 8.78 Å². The normalized spacial score (nSPS) is 12.3. The second-order valence-corrected chi connectivity index (χ2v) is 4.47. The van der Waals surface area contributed by atoms with Crippen molar-refractivity contribution in [2.45, 2.75) is 19.9 Å². The van der Waals surface area contributed by atoms with E-state index in [0.717, 1.165) is 0 Å². The largest absolute Gasteiger partial charge is 0.451 e. The summed E-state index contributed by atoms with van der Waals surface area (Å²) >= 11 is 0. The minimum Gasteiger partial charge on any atom is -0.451 e. The molecule has 2 aromatic rings. The molecule has 0 amide bonds. The molecule has 19 heavy (non-hydrogen) atoms. The van der Waals surface area contributed by atoms with Crippen molar-refractivity contribution in [2.24, 2.45) is 5.73 Å². The molecule has 1 atom stereocenters. The van der Waals surface area contributed by atoms with Crippen LogP contribution in [0.2, 0.25) is 0 Å². The van der Waals surface area contributed by atoms with Crippen LogP contribution >= 0.6 is 0 Å². The van der Waals surface area contributed by atoms with Gasteiger partial charge in [-0.1, -0.05) is 18.2 Å². The number of benzene rings is 2. The second kappa shape index (κ2) is 5.36. The van der Waals surface area contributed by atoms with Crippen LogP contribution in [0.3, 0.4) is 0 Å². The highest BCUT2D eigenvalue weighted by molar-refractivity contribution is 5.37. The Morgan fingerprint density at radius 1 is 1.11 bits per heavy atom. The molecule has 0 heterocycles. The fourth-order valence-electron chi connectivity index (χ4n) is 1.70. The molecule has 2 rings (SSSR count). The monoisotopic (exact) mass is 263 g/mol. The molecule has 2 N–H and O–H groups in total. The summed E-state index contributed by atoms with van der Waals surface area (Å²) in [5, 5.41) is 0. The molecule has 4 heteroatoms. The van der Waals surface area contributed by atoms with E-state index >= 15 is 0 Å². The highest BCUT2D eigenvalue weighted by atomic mass is 19.1. The van der Waals surface area contributed by atoms with Gasteiger partial charge in [-0.2, -0.15) is 0 Å². The van der Waals surface area contributed by atoms with Gasteiger partial charge in [0.25, 0.3) is 0 Å². The number of aryl methyl sites for hydroxylation is 1. The van der Waals surface area contributed by atoms with Crippen molar-refractivity contribution in [3.05, 3.63) is 59.2 Å². The van der Waals surface area contributed by atoms with Crippen molar-refractivity contribution < 1.29 is 13.5 Å². The molecule has 1 unspecified atom stereocenters. The summed E-state index contributed by atoms with van der Waals surface area (Å²) in [4.78, 5) is 0. The van der Waals surface area contributed by atoms with Crippen molar-refractivity contribution in [1.82, 2.24) is 0 Å². The van der Waals surface area contributed by atoms with Crippen LogP contribution in [0, 0.1) is 18.6 Å². The summed E-state index contributed by atoms with van der Waals surface area (Å²) in [6, 6.07) is 8.89. The van der Waals surface area contributed by atoms with Crippen molar-refractivity contribution >= 4 is 0 Å². The average molecular weight is 263 g/mol. The number of halogens is 2. The molecule has 2 aromatic carbocycles. The van der Waals surface area contributed by atoms with Gasteiger partial charge in [0.2, 0.25) is 0 Å². The van der Waals surface area contributed by atoms with Gasteiger partial charge < -0.3 is 10.5 Å². The van der Waals surface area contributed by atoms with Gasteiger partial charge in [0.15, 0.2) is 23.1 Å². The number of ether oxygens (including phenoxy) is 1. The molecule has 0 aliphatic rings. The van der Waals surface area contributed by atoms with E-state index in [-0.39, 0.29) is 17.5 Å². The molecule has 0 saturated carbocycles. The van der Waals surface area contributed by atoms with Crippen molar-refractivity contribution in [3.63, 3.8) is 0 Å². The van der Waals surface area contributed by atoms with Gasteiger partial charge in [0, 0.05) is 6.04 Å². The SMILES string of the molecule is Cc1cccc(Oc2ccc(C(C)N)cc2F)c1F. The molecule has 0 spiro atoms. The van der Waals surface area contributed by atoms with E-state index in [1.54, 1.807) is 32.0 Å². The molecule has 0 aliphatic heterocycles. The Morgan fingerprint density at radius 2 is 1.84 bits per heavy atom. The lowest BCUT2D eigenvalue weighted by Gasteiger charge is -2.11. The summed E-state index contributed by atoms with van der Waals surface area (Å²) in [7, 11) is 0. The number of hydrogen-bond acceptors (Lipinski definition) is 2. The zero-order chi connectivity index (χ0) is 14.0. The lowest BCUT2D eigenvalue weighted by atomic mass is 10.1. The van der Waals surface area contributed by atoms with Crippen LogP contribution in [0.1, 0.15) is 24.1 Å². The van der Waals surface area contributed by atoms with Crippen molar-refractivity contribution in [1.29, 1.82) is 0 Å². The van der Waals surface area contributed by atoms with Gasteiger partial charge >= 0.3 is 0 Å². The summed E-state index contributed by atoms with van der Waals surface area (Å²) < 4.78 is 32.8. The average Bonchev–Trinajstić information content (AvgIpc) is 2.37. The third-order valence-electron chi connectivity index (χ3n) is 2.86. The first-order valence-electron chi connectivity index (χ1n) is 5.97. The second-order valence-electron chi connectivity index (χ2n) is 4.47. The third kappa shape index (κ3) is 2.90. The van der Waals surface area contributed by atoms with Gasteiger partial charge in [-0.05, 0) is 43.2 Å². The standard InChI is InChI=1S/C15H15F2NO/c1-9-4-3-5-14(15(9)17)19-13-7-6-11(10(2)18)8-12(13)16/h3-8,10H,18H2,1-2H3. The fraction of sp³-hybridized carbons (Fsp3) is 0.200. The summed E-state index contributed by atoms with van der Waals surface area (Å²) in [6.45, 7) is 3.38. The molecular weight excluding hydrogens is 248 g/mol. The predicted octanol–water partition coefficient (Wildman–Crippen LogP) is 4.09. The first kappa shape index (κ1) is 13.5. The minimum absolute atomic E-state index is 0.00690. The highest BCUT2D eigenvalue weighted by Gasteiger charge is 2.11. The van der Waals surface area contributed by atoms with Crippen LogP contribution in [0.25, 0.3) is 0 Å². The minimum atomic E-state index is -0.560. The van der Waals surface area contributed by atoms with E-state index in [4.69, 9.17) is 10.5 Å². The molecule has 0 fully saturated rings. The quantitative estimate of drug-likeness (QED) is 0.905. The van der Waals surface area contributed by atoms with Crippen LogP contribution in [-0.2, 0) is 0 Å². The van der Waals surface area contributed by atoms with Crippen molar-refractivity contribution in [3.8, 4) is 11.5 Å². The maximum Gasteiger partial charge on any atom is 0.168 e. The van der Waals surface area contributed by atoms with Gasteiger partial charge in [-0.3, -0.25) is 0 Å². The first-order chi connectivity index (χ1) is 8.99. The van der Waals surface area contributed by atoms with E-state index in [9.17, 15) is 8.78 Å². The Labute approximate surface area is 110 Å². The Morgan fingerprint density at radius 3 is 2.47 bits per heavy atom. The molecule has 0 aliphatic carbocycles. The summed E-state index contributed by atoms with van der Waals surface area (Å²) in [5.41, 5.74) is 6.77. The predicted molar refractivity (Wildman–Crippen MR) is 70.2 cm³/mol. The lowest BCUT2D eigenvalue weighted by molar-refractivity contribution is 0.412. The maximum absolute atomic E-state index is 13.8. The van der Waals surface area contributed by atoms with E-state index in [1.807, 2.05) is 0 Å². The zero-order valence-electron chi connectivity index (χ0n) is 10.8. The molecule has 2 nitrogen and oxygen atoms in total. The van der Waals surface area contributed by atoms with E-state index in [2.05, 4.69) is 0 Å². The van der Waals surface area contributed by atoms with Crippen LogP contribution in [0.5, 0.6) is 11.5 Å². The van der Waals surface area contributed by atoms with Crippen LogP contribution in [-0.4, -0.2) is 0 Å². The Balaban J connectivity index is 2.31. The fourth-order valence-corrected chi connectivity index (χ4v) is 1.70. The summed E-state index contributed by atoms with van der Waals surface area (Å²) in [6.07, 6.45) is 0. The molecule has 0 radical (unpaired) electrons. The van der Waals surface area contributed by atoms with Gasteiger partial charge in [0.1, 0.15) is 0 Å². The smallest absolute Gasteiger partial charge is 0.168 e. The van der Waals surface area contributed by atoms with Crippen molar-refractivity contribution in [2.75, 3.05) is 0 Å². The lowest BCUT2D eigenvalue weighted by Crippen LogP contribution is -2.05. The van der Waals surface area contributed by atoms with Crippen LogP contribution in [0.4, 0.5) is 8.78 Å². The number of rotatable bonds is 3. The first-order valence-corrected chi connectivity index (χ1v) is 5.97. The van der Waals surface area contributed by atoms with Crippen LogP contribution < -0.4 is 10.5 Å². The molecule has 100 valence electrons.